The first kappa shape index (κ1) is 24.7. The van der Waals surface area contributed by atoms with Gasteiger partial charge in [0.2, 0.25) is 0 Å². The van der Waals surface area contributed by atoms with Gasteiger partial charge in [0.05, 0.1) is 18.2 Å². The van der Waals surface area contributed by atoms with Crippen LogP contribution in [0.1, 0.15) is 58.3 Å². The number of thiophene rings is 1. The molecule has 1 amide bonds. The minimum Gasteiger partial charge on any atom is -0.465 e. The number of imidazole rings is 1. The number of esters is 2. The van der Waals surface area contributed by atoms with Crippen molar-refractivity contribution < 1.29 is 23.9 Å². The van der Waals surface area contributed by atoms with E-state index in [0.29, 0.717) is 27.9 Å². The first-order valence-corrected chi connectivity index (χ1v) is 12.3. The van der Waals surface area contributed by atoms with E-state index >= 15 is 0 Å². The van der Waals surface area contributed by atoms with E-state index in [2.05, 4.69) is 36.1 Å². The van der Waals surface area contributed by atoms with E-state index in [9.17, 15) is 14.4 Å². The van der Waals surface area contributed by atoms with Crippen LogP contribution in [0.3, 0.4) is 0 Å². The molecule has 0 bridgehead atoms. The Kier molecular flexibility index (Phi) is 7.07. The maximum Gasteiger partial charge on any atom is 0.341 e. The highest BCUT2D eigenvalue weighted by molar-refractivity contribution is 7.17. The smallest absolute Gasteiger partial charge is 0.341 e. The predicted octanol–water partition coefficient (Wildman–Crippen LogP) is 4.87. The Morgan fingerprint density at radius 1 is 1.17 bits per heavy atom. The third kappa shape index (κ3) is 5.45. The van der Waals surface area contributed by atoms with Gasteiger partial charge in [0, 0.05) is 22.8 Å². The lowest BCUT2D eigenvalue weighted by atomic mass is 9.72. The first-order valence-electron chi connectivity index (χ1n) is 11.5. The van der Waals surface area contributed by atoms with Gasteiger partial charge in [-0.05, 0) is 48.3 Å². The third-order valence-corrected chi connectivity index (χ3v) is 7.53. The van der Waals surface area contributed by atoms with Crippen LogP contribution in [0.4, 0.5) is 5.00 Å². The Morgan fingerprint density at radius 2 is 1.91 bits per heavy atom. The molecule has 8 nitrogen and oxygen atoms in total. The summed E-state index contributed by atoms with van der Waals surface area (Å²) in [4.78, 5) is 45.8. The molecule has 1 aromatic carbocycles. The van der Waals surface area contributed by atoms with Crippen molar-refractivity contribution in [3.8, 4) is 11.4 Å². The maximum atomic E-state index is 12.6. The van der Waals surface area contributed by atoms with Gasteiger partial charge in [0.1, 0.15) is 10.8 Å². The maximum absolute atomic E-state index is 12.6. The van der Waals surface area contributed by atoms with Crippen molar-refractivity contribution in [1.29, 1.82) is 0 Å². The Hall–Kier alpha value is -3.46. The van der Waals surface area contributed by atoms with Crippen molar-refractivity contribution in [2.24, 2.45) is 11.3 Å². The topological polar surface area (TPSA) is 110 Å². The van der Waals surface area contributed by atoms with Gasteiger partial charge in [-0.3, -0.25) is 4.79 Å². The lowest BCUT2D eigenvalue weighted by Gasteiger charge is -2.33. The zero-order chi connectivity index (χ0) is 25.2. The number of aromatic amines is 1. The van der Waals surface area contributed by atoms with Crippen molar-refractivity contribution in [3.63, 3.8) is 0 Å². The molecule has 0 aliphatic heterocycles. The number of ether oxygens (including phenoxy) is 2. The van der Waals surface area contributed by atoms with Gasteiger partial charge in [-0.25, -0.2) is 14.6 Å². The van der Waals surface area contributed by atoms with Gasteiger partial charge in [-0.15, -0.1) is 11.3 Å². The van der Waals surface area contributed by atoms with Crippen LogP contribution in [0.2, 0.25) is 0 Å². The SMILES string of the molecule is COC(=O)c1c(NC(=O)COC(=O)c2ccc(-c3ncc[nH]3)cc2)sc2c1CCC(C(C)(C)C)C2. The number of anilines is 1. The molecular formula is C26H29N3O5S. The predicted molar refractivity (Wildman–Crippen MR) is 134 cm³/mol. The van der Waals surface area contributed by atoms with E-state index in [4.69, 9.17) is 9.47 Å². The molecule has 0 spiro atoms. The molecule has 0 fully saturated rings. The van der Waals surface area contributed by atoms with Crippen molar-refractivity contribution in [2.75, 3.05) is 19.0 Å². The second-order valence-corrected chi connectivity index (χ2v) is 10.7. The van der Waals surface area contributed by atoms with Crippen LogP contribution in [-0.4, -0.2) is 41.5 Å². The van der Waals surface area contributed by atoms with Crippen LogP contribution in [0.5, 0.6) is 0 Å². The van der Waals surface area contributed by atoms with E-state index < -0.39 is 24.5 Å². The lowest BCUT2D eigenvalue weighted by Crippen LogP contribution is -2.26. The van der Waals surface area contributed by atoms with Gasteiger partial charge < -0.3 is 19.8 Å². The quantitative estimate of drug-likeness (QED) is 0.472. The molecule has 0 saturated heterocycles. The largest absolute Gasteiger partial charge is 0.465 e. The van der Waals surface area contributed by atoms with Gasteiger partial charge in [0.15, 0.2) is 6.61 Å². The van der Waals surface area contributed by atoms with Gasteiger partial charge >= 0.3 is 11.9 Å². The van der Waals surface area contributed by atoms with Crippen LogP contribution in [0.15, 0.2) is 36.7 Å². The highest BCUT2D eigenvalue weighted by atomic mass is 32.1. The second kappa shape index (κ2) is 10.0. The van der Waals surface area contributed by atoms with Gasteiger partial charge in [-0.2, -0.15) is 0 Å². The number of rotatable bonds is 6. The second-order valence-electron chi connectivity index (χ2n) is 9.64. The monoisotopic (exact) mass is 495 g/mol. The molecule has 35 heavy (non-hydrogen) atoms. The summed E-state index contributed by atoms with van der Waals surface area (Å²) >= 11 is 1.40. The molecular weight excluding hydrogens is 466 g/mol. The molecule has 1 aliphatic rings. The molecule has 3 aromatic rings. The number of carbonyl (C=O) groups is 3. The average molecular weight is 496 g/mol. The lowest BCUT2D eigenvalue weighted by molar-refractivity contribution is -0.119. The van der Waals surface area contributed by atoms with Crippen molar-refractivity contribution in [2.45, 2.75) is 40.0 Å². The molecule has 2 heterocycles. The summed E-state index contributed by atoms with van der Waals surface area (Å²) in [5.74, 6) is -0.416. The molecule has 2 aromatic heterocycles. The van der Waals surface area contributed by atoms with Crippen LogP contribution >= 0.6 is 11.3 Å². The molecule has 0 saturated carbocycles. The zero-order valence-electron chi connectivity index (χ0n) is 20.3. The van der Waals surface area contributed by atoms with E-state index in [-0.39, 0.29) is 5.41 Å². The van der Waals surface area contributed by atoms with Crippen LogP contribution in [0.25, 0.3) is 11.4 Å². The summed E-state index contributed by atoms with van der Waals surface area (Å²) in [7, 11) is 1.33. The number of nitrogens with zero attached hydrogens (tertiary/aromatic N) is 1. The first-order chi connectivity index (χ1) is 16.7. The third-order valence-electron chi connectivity index (χ3n) is 6.36. The fourth-order valence-electron chi connectivity index (χ4n) is 4.30. The van der Waals surface area contributed by atoms with E-state index in [0.717, 1.165) is 35.3 Å². The number of benzene rings is 1. The van der Waals surface area contributed by atoms with Crippen LogP contribution in [0, 0.1) is 11.3 Å². The van der Waals surface area contributed by atoms with E-state index in [1.807, 2.05) is 0 Å². The highest BCUT2D eigenvalue weighted by Crippen LogP contribution is 2.44. The van der Waals surface area contributed by atoms with Crippen molar-refractivity contribution in [1.82, 2.24) is 9.97 Å². The number of aromatic nitrogens is 2. The van der Waals surface area contributed by atoms with Crippen LogP contribution < -0.4 is 5.32 Å². The van der Waals surface area contributed by atoms with Crippen molar-refractivity contribution >= 4 is 34.2 Å². The van der Waals surface area contributed by atoms with Gasteiger partial charge in [-0.1, -0.05) is 32.9 Å². The van der Waals surface area contributed by atoms with Crippen molar-refractivity contribution in [3.05, 3.63) is 58.2 Å². The van der Waals surface area contributed by atoms with Gasteiger partial charge in [0.25, 0.3) is 5.91 Å². The molecule has 0 radical (unpaired) electrons. The number of H-pyrrole nitrogens is 1. The fraction of sp³-hybridized carbons (Fsp3) is 0.385. The Labute approximate surface area is 208 Å². The fourth-order valence-corrected chi connectivity index (χ4v) is 5.63. The molecule has 9 heteroatoms. The van der Waals surface area contributed by atoms with E-state index in [1.165, 1.54) is 18.4 Å². The molecule has 1 unspecified atom stereocenters. The highest BCUT2D eigenvalue weighted by Gasteiger charge is 2.34. The van der Waals surface area contributed by atoms with E-state index in [1.54, 1.807) is 36.7 Å². The summed E-state index contributed by atoms with van der Waals surface area (Å²) in [5, 5.41) is 3.20. The number of methoxy groups -OCH3 is 1. The minimum atomic E-state index is -0.613. The molecule has 1 atom stereocenters. The van der Waals surface area contributed by atoms with Crippen LogP contribution in [-0.2, 0) is 27.1 Å². The number of fused-ring (bicyclic) bond motifs is 1. The molecule has 184 valence electrons. The number of amides is 1. The summed E-state index contributed by atoms with van der Waals surface area (Å²) in [6.45, 7) is 6.20. The number of hydrogen-bond donors (Lipinski definition) is 2. The number of carbonyl (C=O) groups excluding carboxylic acids is 3. The Bertz CT molecular complexity index is 1220. The summed E-state index contributed by atoms with van der Waals surface area (Å²) < 4.78 is 10.2. The summed E-state index contributed by atoms with van der Waals surface area (Å²) in [6.07, 6.45) is 5.95. The molecule has 4 rings (SSSR count). The zero-order valence-corrected chi connectivity index (χ0v) is 21.1. The number of hydrogen-bond acceptors (Lipinski definition) is 7. The summed E-state index contributed by atoms with van der Waals surface area (Å²) in [6, 6.07) is 6.73. The average Bonchev–Trinajstić information content (AvgIpc) is 3.49. The Morgan fingerprint density at radius 3 is 2.54 bits per heavy atom. The normalized spacial score (nSPS) is 15.3. The minimum absolute atomic E-state index is 0.154. The number of nitrogens with one attached hydrogen (secondary N) is 2. The standard InChI is InChI=1S/C26H29N3O5S/c1-26(2,3)17-9-10-18-19(13-17)35-23(21(18)25(32)33-4)29-20(30)14-34-24(31)16-7-5-15(6-8-16)22-27-11-12-28-22/h5-8,11-12,17H,9-10,13-14H2,1-4H3,(H,27,28)(H,29,30). The summed E-state index contributed by atoms with van der Waals surface area (Å²) in [5.41, 5.74) is 2.67. The Balaban J connectivity index is 1.42. The molecule has 1 aliphatic carbocycles. The molecule has 2 N–H and O–H groups in total.